The summed E-state index contributed by atoms with van der Waals surface area (Å²) in [6.07, 6.45) is 12.7. The molecule has 0 radical (unpaired) electrons. The number of rotatable bonds is 24. The zero-order valence-corrected chi connectivity index (χ0v) is 39.0. The van der Waals surface area contributed by atoms with Gasteiger partial charge in [0, 0.05) is 32.5 Å². The summed E-state index contributed by atoms with van der Waals surface area (Å²) in [5.74, 6) is 0.265. The molecule has 8 unspecified atom stereocenters. The lowest BCUT2D eigenvalue weighted by atomic mass is 9.44. The molecule has 4 saturated carbocycles. The predicted molar refractivity (Wildman–Crippen MR) is 245 cm³/mol. The molecule has 15 nitrogen and oxygen atoms in total. The highest BCUT2D eigenvalue weighted by molar-refractivity contribution is 6.59. The molecule has 0 aromatic heterocycles. The Labute approximate surface area is 380 Å². The van der Waals surface area contributed by atoms with Crippen molar-refractivity contribution in [3.8, 4) is 0 Å². The number of hydrogen-bond acceptors (Lipinski definition) is 10. The first kappa shape index (κ1) is 51.4. The van der Waals surface area contributed by atoms with E-state index in [9.17, 15) is 49.3 Å². The van der Waals surface area contributed by atoms with E-state index in [-0.39, 0.29) is 49.0 Å². The summed E-state index contributed by atoms with van der Waals surface area (Å²) in [5, 5.41) is 60.4. The molecule has 64 heavy (non-hydrogen) atoms. The second-order valence-corrected chi connectivity index (χ2v) is 20.5. The lowest BCUT2D eigenvalue weighted by molar-refractivity contribution is -0.142. The molecule has 358 valence electrons. The number of hydrogen-bond donors (Lipinski definition) is 9. The fourth-order valence-corrected chi connectivity index (χ4v) is 12.9. The minimum atomic E-state index is -1.62. The topological polar surface area (TPSA) is 238 Å². The number of aliphatic carboxylic acids is 2. The van der Waals surface area contributed by atoms with Crippen LogP contribution in [0.2, 0.25) is 0 Å². The molecule has 3 amide bonds. The molecule has 1 aromatic carbocycles. The van der Waals surface area contributed by atoms with Crippen LogP contribution in [0.3, 0.4) is 0 Å². The van der Waals surface area contributed by atoms with Crippen LogP contribution in [-0.4, -0.2) is 118 Å². The third kappa shape index (κ3) is 12.9. The highest BCUT2D eigenvalue weighted by Gasteiger charge is 2.60. The smallest absolute Gasteiger partial charge is 0.480 e. The maximum atomic E-state index is 13.1. The predicted octanol–water partition coefficient (Wildman–Crippen LogP) is 3.42. The molecule has 4 aliphatic rings. The summed E-state index contributed by atoms with van der Waals surface area (Å²) in [6, 6.07) is 3.91. The molecule has 16 heteroatoms. The molecule has 4 fully saturated rings. The van der Waals surface area contributed by atoms with Gasteiger partial charge < -0.3 is 51.5 Å². The third-order valence-electron chi connectivity index (χ3n) is 16.6. The lowest BCUT2D eigenvalue weighted by Gasteiger charge is -2.61. The van der Waals surface area contributed by atoms with Crippen molar-refractivity contribution in [2.24, 2.45) is 46.3 Å². The Morgan fingerprint density at radius 1 is 0.797 bits per heavy atom. The van der Waals surface area contributed by atoms with E-state index in [2.05, 4.69) is 42.0 Å². The van der Waals surface area contributed by atoms with Crippen LogP contribution in [0.15, 0.2) is 24.3 Å². The average Bonchev–Trinajstić information content (AvgIpc) is 3.61. The van der Waals surface area contributed by atoms with Crippen molar-refractivity contribution in [1.82, 2.24) is 26.2 Å². The third-order valence-corrected chi connectivity index (χ3v) is 16.6. The summed E-state index contributed by atoms with van der Waals surface area (Å²) in [6.45, 7) is 8.28. The van der Waals surface area contributed by atoms with Gasteiger partial charge in [0.2, 0.25) is 17.7 Å². The van der Waals surface area contributed by atoms with Gasteiger partial charge in [-0.25, -0.2) is 9.59 Å². The van der Waals surface area contributed by atoms with E-state index in [0.29, 0.717) is 85.4 Å². The van der Waals surface area contributed by atoms with E-state index in [1.165, 1.54) is 38.5 Å². The molecule has 0 spiro atoms. The first-order valence-corrected chi connectivity index (χ1v) is 24.2. The van der Waals surface area contributed by atoms with Gasteiger partial charge in [-0.15, -0.1) is 0 Å². The van der Waals surface area contributed by atoms with Crippen LogP contribution in [-0.2, 0) is 30.5 Å². The van der Waals surface area contributed by atoms with Gasteiger partial charge in [0.05, 0.1) is 12.1 Å². The van der Waals surface area contributed by atoms with Crippen LogP contribution < -0.4 is 26.7 Å². The number of unbranched alkanes of at least 4 members (excludes halogenated alkanes) is 1. The lowest BCUT2D eigenvalue weighted by Crippen LogP contribution is -2.54. The number of carboxylic acid groups (broad SMARTS) is 2. The van der Waals surface area contributed by atoms with Gasteiger partial charge in [0.15, 0.2) is 0 Å². The number of aliphatic hydroxyl groups is 1. The van der Waals surface area contributed by atoms with Crippen molar-refractivity contribution < 1.29 is 49.3 Å². The van der Waals surface area contributed by atoms with Crippen molar-refractivity contribution in [3.63, 3.8) is 0 Å². The second kappa shape index (κ2) is 23.2. The Balaban J connectivity index is 0.970. The van der Waals surface area contributed by atoms with Gasteiger partial charge in [0.25, 0.3) is 0 Å². The van der Waals surface area contributed by atoms with Crippen LogP contribution >= 0.6 is 0 Å². The van der Waals surface area contributed by atoms with Crippen LogP contribution in [0.25, 0.3) is 0 Å². The molecule has 0 heterocycles. The maximum Gasteiger partial charge on any atom is 0.488 e. The minimum absolute atomic E-state index is 0.0340. The first-order chi connectivity index (χ1) is 30.4. The maximum absolute atomic E-state index is 13.1. The van der Waals surface area contributed by atoms with Crippen molar-refractivity contribution in [3.05, 3.63) is 29.8 Å². The van der Waals surface area contributed by atoms with Gasteiger partial charge in [-0.1, -0.05) is 45.0 Å². The first-order valence-electron chi connectivity index (χ1n) is 24.2. The van der Waals surface area contributed by atoms with E-state index < -0.39 is 43.1 Å². The number of benzene rings is 1. The molecule has 0 bridgehead atoms. The zero-order chi connectivity index (χ0) is 46.8. The number of aliphatic hydroxyl groups excluding tert-OH is 1. The number of carboxylic acids is 2. The van der Waals surface area contributed by atoms with Crippen molar-refractivity contribution in [2.75, 3.05) is 27.2 Å². The van der Waals surface area contributed by atoms with Crippen molar-refractivity contribution in [2.45, 2.75) is 161 Å². The summed E-state index contributed by atoms with van der Waals surface area (Å²) in [4.78, 5) is 64.8. The average molecular weight is 896 g/mol. The Morgan fingerprint density at radius 3 is 2.17 bits per heavy atom. The quantitative estimate of drug-likeness (QED) is 0.0537. The number of fused-ring (bicyclic) bond motifs is 5. The SMILES string of the molecule is CNC(CCCCNC(=O)CCC(NC(=O)CCC(C)C1CCC2C3CC[C@H]4C[C@@H](O)CC[C@@]4(C)C3CC[C@@]12C)C(=O)O)C(=O)NC(CCN(C)Cc1ccccc1B(O)O)C(=O)O. The fraction of sp³-hybridized carbons (Fsp3) is 0.771. The number of nitrogens with zero attached hydrogens (tertiary/aromatic N) is 1. The Hall–Kier alpha value is -3.57. The molecular weight excluding hydrogens is 817 g/mol. The Kier molecular flexibility index (Phi) is 18.7. The molecule has 1 aromatic rings. The van der Waals surface area contributed by atoms with E-state index in [0.717, 1.165) is 31.1 Å². The van der Waals surface area contributed by atoms with Gasteiger partial charge in [-0.05, 0) is 168 Å². The Morgan fingerprint density at radius 2 is 1.47 bits per heavy atom. The number of likely N-dealkylation sites (N-methyl/N-ethyl adjacent to an activating group) is 1. The van der Waals surface area contributed by atoms with Gasteiger partial charge in [0.1, 0.15) is 12.1 Å². The van der Waals surface area contributed by atoms with Gasteiger partial charge in [-0.3, -0.25) is 14.4 Å². The number of carbonyl (C=O) groups is 5. The van der Waals surface area contributed by atoms with Crippen LogP contribution in [0.5, 0.6) is 0 Å². The number of nitrogens with one attached hydrogen (secondary N) is 4. The number of amides is 3. The highest BCUT2D eigenvalue weighted by Crippen LogP contribution is 2.68. The fourth-order valence-electron chi connectivity index (χ4n) is 12.9. The minimum Gasteiger partial charge on any atom is -0.480 e. The molecule has 12 atom stereocenters. The van der Waals surface area contributed by atoms with Crippen molar-refractivity contribution in [1.29, 1.82) is 0 Å². The van der Waals surface area contributed by atoms with Gasteiger partial charge in [-0.2, -0.15) is 0 Å². The summed E-state index contributed by atoms with van der Waals surface area (Å²) in [7, 11) is 1.77. The number of carbonyl (C=O) groups excluding carboxylic acids is 3. The van der Waals surface area contributed by atoms with E-state index >= 15 is 0 Å². The molecule has 9 N–H and O–H groups in total. The monoisotopic (exact) mass is 896 g/mol. The van der Waals surface area contributed by atoms with Crippen LogP contribution in [0, 0.1) is 46.3 Å². The molecule has 4 aliphatic carbocycles. The summed E-state index contributed by atoms with van der Waals surface area (Å²) >= 11 is 0. The molecule has 0 saturated heterocycles. The normalized spacial score (nSPS) is 29.3. The molecule has 5 rings (SSSR count). The van der Waals surface area contributed by atoms with E-state index in [1.54, 1.807) is 38.4 Å². The van der Waals surface area contributed by atoms with E-state index in [1.807, 2.05) is 4.90 Å². The largest absolute Gasteiger partial charge is 0.488 e. The van der Waals surface area contributed by atoms with Crippen molar-refractivity contribution >= 4 is 42.2 Å². The molecule has 0 aliphatic heterocycles. The standard InChI is InChI=1S/C48H78BN5O10/c1-30(35-16-17-36-34-15-14-32-28-33(55)21-24-47(32,2)37(34)22-25-48(35,36)3)13-19-43(57)52-40(45(59)60)18-20-42(56)51-26-9-8-12-39(50-4)44(58)53-41(46(61)62)23-27-54(5)29-31-10-6-7-11-38(31)49(63)64/h6-7,10-11,30,32-37,39-41,50,55,63-64H,8-9,12-29H2,1-5H3,(H,51,56)(H,52,57)(H,53,58)(H,59,60)(H,61,62)/t30?,32-,33-,34?,35?,36?,37?,39?,40?,41?,47+,48-/m0/s1. The summed E-state index contributed by atoms with van der Waals surface area (Å²) in [5.41, 5.74) is 1.66. The van der Waals surface area contributed by atoms with Crippen LogP contribution in [0.4, 0.5) is 0 Å². The zero-order valence-electron chi connectivity index (χ0n) is 39.0. The van der Waals surface area contributed by atoms with Gasteiger partial charge >= 0.3 is 19.1 Å². The van der Waals surface area contributed by atoms with E-state index in [4.69, 9.17) is 0 Å². The van der Waals surface area contributed by atoms with Crippen LogP contribution in [0.1, 0.15) is 135 Å². The summed E-state index contributed by atoms with van der Waals surface area (Å²) < 4.78 is 0. The molecular formula is C48H78BN5O10. The highest BCUT2D eigenvalue weighted by atomic mass is 16.4. The second-order valence-electron chi connectivity index (χ2n) is 20.5. The Bertz CT molecular complexity index is 1750.